The van der Waals surface area contributed by atoms with Crippen molar-refractivity contribution in [3.05, 3.63) is 59.0 Å². The number of aromatic nitrogens is 1. The Morgan fingerprint density at radius 1 is 1.36 bits per heavy atom. The third-order valence-corrected chi connectivity index (χ3v) is 7.33. The van der Waals surface area contributed by atoms with Crippen LogP contribution >= 0.6 is 23.1 Å². The van der Waals surface area contributed by atoms with Gasteiger partial charge in [0.2, 0.25) is 0 Å². The Balaban J connectivity index is 1.67. The number of nitrogens with two attached hydrogens (primary N) is 1. The Morgan fingerprint density at radius 2 is 2.21 bits per heavy atom. The average Bonchev–Trinajstić information content (AvgIpc) is 3.18. The first-order valence-corrected chi connectivity index (χ1v) is 10.6. The van der Waals surface area contributed by atoms with Crippen LogP contribution in [0.15, 0.2) is 46.9 Å². The highest BCUT2D eigenvalue weighted by molar-refractivity contribution is 8.14. The molecule has 0 spiro atoms. The first-order chi connectivity index (χ1) is 13.5. The fraction of sp³-hybridized carbons (Fsp3) is 0.250. The molecule has 3 aromatic rings. The molecule has 1 aliphatic heterocycles. The second-order valence-corrected chi connectivity index (χ2v) is 8.89. The van der Waals surface area contributed by atoms with E-state index in [9.17, 15) is 9.18 Å². The predicted molar refractivity (Wildman–Crippen MR) is 115 cm³/mol. The standard InChI is InChI=1S/C20H19FN4OS2/c1-2-20(7-9-24-19(22)28-20)14-11-13(3-4-15(14)21)25-18(26)16-17-12(5-8-23-16)6-10-27-17/h3-6,8,10-11H,2,7,9H2,1H3,(H2,22,24)(H,25,26)/t20-/m0/s1. The zero-order chi connectivity index (χ0) is 19.7. The monoisotopic (exact) mass is 414 g/mol. The summed E-state index contributed by atoms with van der Waals surface area (Å²) < 4.78 is 15.1. The van der Waals surface area contributed by atoms with Crippen molar-refractivity contribution in [1.82, 2.24) is 4.98 Å². The van der Waals surface area contributed by atoms with E-state index in [0.717, 1.165) is 10.1 Å². The van der Waals surface area contributed by atoms with Crippen LogP contribution in [0.2, 0.25) is 0 Å². The molecular weight excluding hydrogens is 395 g/mol. The minimum absolute atomic E-state index is 0.305. The van der Waals surface area contributed by atoms with Gasteiger partial charge in [0.25, 0.3) is 5.91 Å². The SMILES string of the molecule is CC[C@@]1(c2cc(NC(=O)c3nccc4ccsc34)ccc2F)CCN=C(N)S1. The van der Waals surface area contributed by atoms with Crippen LogP contribution in [-0.2, 0) is 4.75 Å². The number of benzene rings is 1. The van der Waals surface area contributed by atoms with Crippen molar-refractivity contribution >= 4 is 49.9 Å². The third kappa shape index (κ3) is 3.38. The molecule has 0 saturated heterocycles. The quantitative estimate of drug-likeness (QED) is 0.646. The van der Waals surface area contributed by atoms with Crippen molar-refractivity contribution < 1.29 is 9.18 Å². The second kappa shape index (κ2) is 7.52. The molecular formula is C20H19FN4OS2. The van der Waals surface area contributed by atoms with Gasteiger partial charge in [-0.2, -0.15) is 0 Å². The lowest BCUT2D eigenvalue weighted by Gasteiger charge is -2.35. The summed E-state index contributed by atoms with van der Waals surface area (Å²) in [5.74, 6) is -0.617. The van der Waals surface area contributed by atoms with E-state index in [4.69, 9.17) is 5.73 Å². The number of thiophene rings is 1. The Morgan fingerprint density at radius 3 is 3.00 bits per heavy atom. The molecule has 0 bridgehead atoms. The van der Waals surface area contributed by atoms with E-state index >= 15 is 0 Å². The molecule has 1 aromatic carbocycles. The molecule has 1 amide bonds. The van der Waals surface area contributed by atoms with E-state index in [1.807, 2.05) is 24.4 Å². The van der Waals surface area contributed by atoms with Crippen LogP contribution < -0.4 is 11.1 Å². The summed E-state index contributed by atoms with van der Waals surface area (Å²) in [4.78, 5) is 21.2. The topological polar surface area (TPSA) is 80.4 Å². The molecule has 28 heavy (non-hydrogen) atoms. The van der Waals surface area contributed by atoms with Crippen LogP contribution in [0.3, 0.4) is 0 Å². The van der Waals surface area contributed by atoms with Gasteiger partial charge in [-0.1, -0.05) is 18.7 Å². The first-order valence-electron chi connectivity index (χ1n) is 8.95. The minimum atomic E-state index is -0.483. The number of pyridine rings is 1. The number of nitrogens with zero attached hydrogens (tertiary/aromatic N) is 2. The number of thioether (sulfide) groups is 1. The first kappa shape index (κ1) is 18.9. The molecule has 3 N–H and O–H groups in total. The lowest BCUT2D eigenvalue weighted by molar-refractivity contribution is 0.102. The highest BCUT2D eigenvalue weighted by atomic mass is 32.2. The molecule has 0 radical (unpaired) electrons. The van der Waals surface area contributed by atoms with Crippen LogP contribution in [0.4, 0.5) is 10.1 Å². The molecule has 144 valence electrons. The van der Waals surface area contributed by atoms with Gasteiger partial charge in [0.15, 0.2) is 5.17 Å². The molecule has 0 fully saturated rings. The average molecular weight is 415 g/mol. The lowest BCUT2D eigenvalue weighted by Crippen LogP contribution is -2.31. The van der Waals surface area contributed by atoms with Gasteiger partial charge in [0.1, 0.15) is 11.5 Å². The highest BCUT2D eigenvalue weighted by Crippen LogP contribution is 2.46. The van der Waals surface area contributed by atoms with Gasteiger partial charge in [-0.25, -0.2) is 9.37 Å². The Bertz CT molecular complexity index is 1080. The van der Waals surface area contributed by atoms with Crippen molar-refractivity contribution in [2.45, 2.75) is 24.5 Å². The van der Waals surface area contributed by atoms with Gasteiger partial charge in [-0.05, 0) is 53.9 Å². The number of amidine groups is 1. The predicted octanol–water partition coefficient (Wildman–Crippen LogP) is 4.74. The zero-order valence-corrected chi connectivity index (χ0v) is 16.9. The van der Waals surface area contributed by atoms with E-state index in [1.165, 1.54) is 29.2 Å². The van der Waals surface area contributed by atoms with Crippen LogP contribution in [0.1, 0.15) is 35.8 Å². The lowest BCUT2D eigenvalue weighted by atomic mass is 9.91. The van der Waals surface area contributed by atoms with Gasteiger partial charge in [-0.3, -0.25) is 9.79 Å². The molecule has 1 aliphatic rings. The van der Waals surface area contributed by atoms with Gasteiger partial charge in [-0.15, -0.1) is 11.3 Å². The van der Waals surface area contributed by atoms with E-state index < -0.39 is 4.75 Å². The maximum atomic E-state index is 14.7. The number of carbonyl (C=O) groups is 1. The van der Waals surface area contributed by atoms with Crippen molar-refractivity contribution in [3.8, 4) is 0 Å². The number of rotatable bonds is 4. The van der Waals surface area contributed by atoms with Crippen molar-refractivity contribution in [3.63, 3.8) is 0 Å². The van der Waals surface area contributed by atoms with Gasteiger partial charge in [0.05, 0.1) is 9.45 Å². The van der Waals surface area contributed by atoms with Crippen LogP contribution in [0, 0.1) is 5.82 Å². The fourth-order valence-electron chi connectivity index (χ4n) is 3.46. The normalized spacial score (nSPS) is 19.4. The second-order valence-electron chi connectivity index (χ2n) is 6.57. The molecule has 8 heteroatoms. The molecule has 0 saturated carbocycles. The molecule has 2 aromatic heterocycles. The van der Waals surface area contributed by atoms with Gasteiger partial charge < -0.3 is 11.1 Å². The molecule has 4 rings (SSSR count). The molecule has 0 unspecified atom stereocenters. The van der Waals surface area contributed by atoms with Crippen molar-refractivity contribution in [1.29, 1.82) is 0 Å². The summed E-state index contributed by atoms with van der Waals surface area (Å²) in [5.41, 5.74) is 7.37. The van der Waals surface area contributed by atoms with E-state index in [2.05, 4.69) is 15.3 Å². The smallest absolute Gasteiger partial charge is 0.275 e. The minimum Gasteiger partial charge on any atom is -0.379 e. The summed E-state index contributed by atoms with van der Waals surface area (Å²) in [7, 11) is 0. The van der Waals surface area contributed by atoms with Gasteiger partial charge >= 0.3 is 0 Å². The van der Waals surface area contributed by atoms with E-state index in [0.29, 0.717) is 41.5 Å². The summed E-state index contributed by atoms with van der Waals surface area (Å²) in [6, 6.07) is 8.49. The number of carbonyl (C=O) groups excluding carboxylic acids is 1. The van der Waals surface area contributed by atoms with Crippen LogP contribution in [0.25, 0.3) is 10.1 Å². The fourth-order valence-corrected chi connectivity index (χ4v) is 5.50. The van der Waals surface area contributed by atoms with Crippen molar-refractivity contribution in [2.24, 2.45) is 10.7 Å². The summed E-state index contributed by atoms with van der Waals surface area (Å²) in [6.45, 7) is 2.57. The molecule has 0 aliphatic carbocycles. The van der Waals surface area contributed by atoms with Crippen LogP contribution in [-0.4, -0.2) is 22.6 Å². The number of halogens is 1. The van der Waals surface area contributed by atoms with Crippen LogP contribution in [0.5, 0.6) is 0 Å². The summed E-state index contributed by atoms with van der Waals surface area (Å²) >= 11 is 2.86. The number of hydrogen-bond acceptors (Lipinski definition) is 6. The largest absolute Gasteiger partial charge is 0.379 e. The highest BCUT2D eigenvalue weighted by Gasteiger charge is 2.37. The third-order valence-electron chi connectivity index (χ3n) is 4.95. The number of aliphatic imine (C=N–C) groups is 1. The number of hydrogen-bond donors (Lipinski definition) is 2. The van der Waals surface area contributed by atoms with Crippen molar-refractivity contribution in [2.75, 3.05) is 11.9 Å². The Kier molecular flexibility index (Phi) is 5.07. The van der Waals surface area contributed by atoms with E-state index in [1.54, 1.807) is 18.3 Å². The van der Waals surface area contributed by atoms with Gasteiger partial charge in [0, 0.05) is 24.0 Å². The van der Waals surface area contributed by atoms with E-state index in [-0.39, 0.29) is 11.7 Å². The Labute approximate surface area is 170 Å². The number of amides is 1. The Hall–Kier alpha value is -2.45. The number of fused-ring (bicyclic) bond motifs is 1. The number of anilines is 1. The summed E-state index contributed by atoms with van der Waals surface area (Å²) in [6.07, 6.45) is 3.02. The molecule has 1 atom stereocenters. The summed E-state index contributed by atoms with van der Waals surface area (Å²) in [5, 5.41) is 6.24. The number of nitrogens with one attached hydrogen (secondary N) is 1. The maximum Gasteiger partial charge on any atom is 0.275 e. The molecule has 5 nitrogen and oxygen atoms in total. The zero-order valence-electron chi connectivity index (χ0n) is 15.2. The molecule has 3 heterocycles. The maximum absolute atomic E-state index is 14.7.